The highest BCUT2D eigenvalue weighted by Gasteiger charge is 2.27. The van der Waals surface area contributed by atoms with Crippen LogP contribution in [0.5, 0.6) is 0 Å². The normalized spacial score (nSPS) is 15.3. The maximum Gasteiger partial charge on any atom is 0.244 e. The molecule has 0 aliphatic carbocycles. The fraction of sp³-hybridized carbons (Fsp3) is 0.435. The molecule has 4 rings (SSSR count). The average molecular weight is 485 g/mol. The van der Waals surface area contributed by atoms with E-state index in [1.807, 2.05) is 43.0 Å². The van der Waals surface area contributed by atoms with Gasteiger partial charge in [-0.3, -0.25) is 14.5 Å². The Morgan fingerprint density at radius 3 is 2.47 bits per heavy atom. The maximum absolute atomic E-state index is 12.6. The van der Waals surface area contributed by atoms with Crippen LogP contribution in [-0.2, 0) is 9.59 Å². The number of carbonyl (C=O) groups excluding carboxylic acids is 2. The van der Waals surface area contributed by atoms with Crippen LogP contribution in [0.3, 0.4) is 0 Å². The Hall–Kier alpha value is -3.18. The van der Waals surface area contributed by atoms with Gasteiger partial charge >= 0.3 is 0 Å². The topological polar surface area (TPSA) is 118 Å². The molecule has 2 aromatic heterocycles. The summed E-state index contributed by atoms with van der Waals surface area (Å²) < 4.78 is 10.4. The van der Waals surface area contributed by atoms with Gasteiger partial charge < -0.3 is 19.3 Å². The highest BCUT2D eigenvalue weighted by molar-refractivity contribution is 8.00. The van der Waals surface area contributed by atoms with Gasteiger partial charge in [0.1, 0.15) is 5.76 Å². The number of hydrogen-bond acceptors (Lipinski definition) is 9. The number of nitrogens with one attached hydrogen (secondary N) is 1. The van der Waals surface area contributed by atoms with Gasteiger partial charge in [-0.15, -0.1) is 11.8 Å². The van der Waals surface area contributed by atoms with Crippen LogP contribution in [0.2, 0.25) is 0 Å². The number of thioether (sulfide) groups is 1. The Bertz CT molecular complexity index is 1120. The zero-order chi connectivity index (χ0) is 24.1. The third kappa shape index (κ3) is 6.03. The van der Waals surface area contributed by atoms with E-state index in [9.17, 15) is 9.59 Å². The lowest BCUT2D eigenvalue weighted by Crippen LogP contribution is -2.49. The highest BCUT2D eigenvalue weighted by Crippen LogP contribution is 2.24. The molecule has 1 saturated heterocycles. The molecule has 2 amide bonds. The molecule has 0 saturated carbocycles. The summed E-state index contributed by atoms with van der Waals surface area (Å²) in [7, 11) is 0. The monoisotopic (exact) mass is 484 g/mol. The Balaban J connectivity index is 1.20. The third-order valence-electron chi connectivity index (χ3n) is 5.68. The molecule has 1 fully saturated rings. The number of carbonyl (C=O) groups is 2. The van der Waals surface area contributed by atoms with Crippen LogP contribution in [0.4, 0.5) is 5.82 Å². The predicted octanol–water partition coefficient (Wildman–Crippen LogP) is 2.92. The van der Waals surface area contributed by atoms with Gasteiger partial charge in [-0.2, -0.15) is 4.98 Å². The Labute approximate surface area is 202 Å². The summed E-state index contributed by atoms with van der Waals surface area (Å²) in [6.07, 6.45) is 0. The van der Waals surface area contributed by atoms with Gasteiger partial charge in [0.05, 0.1) is 17.5 Å². The van der Waals surface area contributed by atoms with Gasteiger partial charge in [0, 0.05) is 37.8 Å². The Morgan fingerprint density at radius 2 is 1.79 bits per heavy atom. The largest absolute Gasteiger partial charge is 0.360 e. The summed E-state index contributed by atoms with van der Waals surface area (Å²) in [4.78, 5) is 33.2. The van der Waals surface area contributed by atoms with E-state index in [1.165, 1.54) is 17.3 Å². The van der Waals surface area contributed by atoms with E-state index in [0.29, 0.717) is 49.5 Å². The molecule has 3 heterocycles. The molecule has 0 bridgehead atoms. The molecule has 0 radical (unpaired) electrons. The van der Waals surface area contributed by atoms with Crippen LogP contribution >= 0.6 is 11.8 Å². The van der Waals surface area contributed by atoms with Crippen molar-refractivity contribution in [1.29, 1.82) is 0 Å². The standard InChI is InChI=1S/C23H28N6O4S/c1-15-4-6-18(7-5-15)22-25-23(33-27-22)17(3)28-8-10-29(11-9-28)21(31)14-34-13-20(30)24-19-12-16(2)32-26-19/h4-7,12,17H,8-11,13-14H2,1-3H3,(H,24,26,30). The predicted molar refractivity (Wildman–Crippen MR) is 128 cm³/mol. The molecule has 0 spiro atoms. The van der Waals surface area contributed by atoms with E-state index < -0.39 is 0 Å². The molecule has 1 atom stereocenters. The number of amides is 2. The minimum atomic E-state index is -0.214. The van der Waals surface area contributed by atoms with Crippen molar-refractivity contribution < 1.29 is 18.6 Å². The number of rotatable bonds is 8. The second-order valence-electron chi connectivity index (χ2n) is 8.28. The zero-order valence-corrected chi connectivity index (χ0v) is 20.3. The smallest absolute Gasteiger partial charge is 0.244 e. The number of anilines is 1. The number of nitrogens with zero attached hydrogens (tertiary/aromatic N) is 5. The minimum Gasteiger partial charge on any atom is -0.360 e. The molecule has 1 aliphatic heterocycles. The second kappa shape index (κ2) is 10.8. The van der Waals surface area contributed by atoms with Gasteiger partial charge in [-0.25, -0.2) is 0 Å². The van der Waals surface area contributed by atoms with E-state index >= 15 is 0 Å². The summed E-state index contributed by atoms with van der Waals surface area (Å²) in [6.45, 7) is 8.49. The summed E-state index contributed by atoms with van der Waals surface area (Å²) in [5.74, 6) is 2.40. The fourth-order valence-electron chi connectivity index (χ4n) is 3.67. The van der Waals surface area contributed by atoms with Crippen molar-refractivity contribution in [3.8, 4) is 11.4 Å². The Morgan fingerprint density at radius 1 is 1.06 bits per heavy atom. The minimum absolute atomic E-state index is 0.0295. The molecule has 1 aliphatic rings. The molecule has 10 nitrogen and oxygen atoms in total. The van der Waals surface area contributed by atoms with Crippen molar-refractivity contribution >= 4 is 29.4 Å². The lowest BCUT2D eigenvalue weighted by Gasteiger charge is -2.36. The maximum atomic E-state index is 12.6. The van der Waals surface area contributed by atoms with Crippen molar-refractivity contribution in [3.05, 3.63) is 47.5 Å². The van der Waals surface area contributed by atoms with Crippen molar-refractivity contribution in [2.45, 2.75) is 26.8 Å². The molecule has 1 aromatic carbocycles. The second-order valence-corrected chi connectivity index (χ2v) is 9.26. The van der Waals surface area contributed by atoms with Crippen molar-refractivity contribution in [1.82, 2.24) is 25.1 Å². The van der Waals surface area contributed by atoms with E-state index in [-0.39, 0.29) is 29.4 Å². The van der Waals surface area contributed by atoms with Gasteiger partial charge in [-0.1, -0.05) is 40.1 Å². The Kier molecular flexibility index (Phi) is 7.63. The number of aromatic nitrogens is 3. The summed E-state index contributed by atoms with van der Waals surface area (Å²) in [5, 5.41) is 10.5. The molecule has 3 aromatic rings. The third-order valence-corrected chi connectivity index (χ3v) is 6.60. The zero-order valence-electron chi connectivity index (χ0n) is 19.5. The van der Waals surface area contributed by atoms with E-state index in [2.05, 4.69) is 25.5 Å². The first-order chi connectivity index (χ1) is 16.4. The van der Waals surface area contributed by atoms with Crippen molar-refractivity contribution in [2.24, 2.45) is 0 Å². The lowest BCUT2D eigenvalue weighted by atomic mass is 10.1. The first-order valence-corrected chi connectivity index (χ1v) is 12.3. The van der Waals surface area contributed by atoms with E-state index in [1.54, 1.807) is 13.0 Å². The van der Waals surface area contributed by atoms with E-state index in [0.717, 1.165) is 5.56 Å². The molecule has 11 heteroatoms. The number of aryl methyl sites for hydroxylation is 2. The average Bonchev–Trinajstić information content (AvgIpc) is 3.48. The molecule has 1 N–H and O–H groups in total. The van der Waals surface area contributed by atoms with Gasteiger partial charge in [0.25, 0.3) is 0 Å². The molecule has 180 valence electrons. The van der Waals surface area contributed by atoms with Crippen LogP contribution in [-0.4, -0.2) is 74.6 Å². The molecular weight excluding hydrogens is 456 g/mol. The number of benzene rings is 1. The SMILES string of the molecule is Cc1ccc(-c2noc(C(C)N3CCN(C(=O)CSCC(=O)Nc4cc(C)on4)CC3)n2)cc1. The first kappa shape index (κ1) is 24.0. The lowest BCUT2D eigenvalue weighted by molar-refractivity contribution is -0.130. The van der Waals surface area contributed by atoms with Crippen LogP contribution in [0.15, 0.2) is 39.4 Å². The van der Waals surface area contributed by atoms with Crippen LogP contribution < -0.4 is 5.32 Å². The van der Waals surface area contributed by atoms with Gasteiger partial charge in [-0.05, 0) is 20.8 Å². The van der Waals surface area contributed by atoms with Crippen LogP contribution in [0.25, 0.3) is 11.4 Å². The fourth-order valence-corrected chi connectivity index (χ4v) is 4.38. The molecule has 34 heavy (non-hydrogen) atoms. The van der Waals surface area contributed by atoms with Gasteiger partial charge in [0.15, 0.2) is 5.82 Å². The van der Waals surface area contributed by atoms with Crippen LogP contribution in [0.1, 0.15) is 30.2 Å². The first-order valence-electron chi connectivity index (χ1n) is 11.1. The number of piperazine rings is 1. The number of hydrogen-bond donors (Lipinski definition) is 1. The van der Waals surface area contributed by atoms with Crippen molar-refractivity contribution in [3.63, 3.8) is 0 Å². The van der Waals surface area contributed by atoms with Crippen molar-refractivity contribution in [2.75, 3.05) is 43.0 Å². The summed E-state index contributed by atoms with van der Waals surface area (Å²) >= 11 is 1.29. The molecular formula is C23H28N6O4S. The molecule has 1 unspecified atom stereocenters. The highest BCUT2D eigenvalue weighted by atomic mass is 32.2. The summed E-state index contributed by atoms with van der Waals surface area (Å²) in [5.41, 5.74) is 2.10. The van der Waals surface area contributed by atoms with E-state index in [4.69, 9.17) is 9.05 Å². The summed E-state index contributed by atoms with van der Waals surface area (Å²) in [6, 6.07) is 9.61. The van der Waals surface area contributed by atoms with Gasteiger partial charge in [0.2, 0.25) is 23.5 Å². The van der Waals surface area contributed by atoms with Crippen LogP contribution in [0, 0.1) is 13.8 Å². The quantitative estimate of drug-likeness (QED) is 0.515.